The second-order valence-corrected chi connectivity index (χ2v) is 8.73. The third-order valence-electron chi connectivity index (χ3n) is 5.02. The molecule has 2 aromatic rings. The van der Waals surface area contributed by atoms with Gasteiger partial charge in [-0.2, -0.15) is 0 Å². The zero-order chi connectivity index (χ0) is 19.8. The summed E-state index contributed by atoms with van der Waals surface area (Å²) < 4.78 is 12.5. The van der Waals surface area contributed by atoms with Gasteiger partial charge in [0.1, 0.15) is 5.75 Å². The van der Waals surface area contributed by atoms with Gasteiger partial charge in [-0.05, 0) is 57.0 Å². The molecule has 0 bridgehead atoms. The zero-order valence-electron chi connectivity index (χ0n) is 15.7. The average Bonchev–Trinajstić information content (AvgIpc) is 2.76. The number of carbonyl (C=O) groups is 1. The summed E-state index contributed by atoms with van der Waals surface area (Å²) in [7, 11) is 0. The van der Waals surface area contributed by atoms with Crippen LogP contribution in [-0.2, 0) is 4.74 Å². The zero-order valence-corrected chi connectivity index (χ0v) is 18.1. The van der Waals surface area contributed by atoms with Crippen molar-refractivity contribution in [3.8, 4) is 11.5 Å². The van der Waals surface area contributed by atoms with Crippen LogP contribution in [0, 0.1) is 0 Å². The number of benzene rings is 2. The van der Waals surface area contributed by atoms with Crippen molar-refractivity contribution in [2.75, 3.05) is 11.4 Å². The highest BCUT2D eigenvalue weighted by molar-refractivity contribution is 9.10. The Morgan fingerprint density at radius 1 is 1.29 bits per heavy atom. The molecule has 0 aliphatic carbocycles. The number of ether oxygens (including phenoxy) is 2. The Bertz CT molecular complexity index is 905. The Kier molecular flexibility index (Phi) is 5.43. The first-order valence-electron chi connectivity index (χ1n) is 9.43. The number of hydrogen-bond donors (Lipinski definition) is 1. The van der Waals surface area contributed by atoms with E-state index < -0.39 is 6.09 Å². The number of halogens is 2. The fourth-order valence-electron chi connectivity index (χ4n) is 3.96. The first-order chi connectivity index (χ1) is 13.4. The number of rotatable bonds is 2. The average molecular weight is 466 g/mol. The summed E-state index contributed by atoms with van der Waals surface area (Å²) in [6.45, 7) is 4.54. The van der Waals surface area contributed by atoms with Gasteiger partial charge in [0.15, 0.2) is 5.75 Å². The lowest BCUT2D eigenvalue weighted by Crippen LogP contribution is -2.50. The number of carbonyl (C=O) groups excluding carboxylic acids is 1. The minimum atomic E-state index is -0.392. The van der Waals surface area contributed by atoms with Crippen LogP contribution >= 0.6 is 27.5 Å². The third kappa shape index (κ3) is 3.80. The molecule has 0 saturated carbocycles. The first-order valence-corrected chi connectivity index (χ1v) is 10.6. The maximum Gasteiger partial charge on any atom is 0.407 e. The van der Waals surface area contributed by atoms with Crippen LogP contribution < -0.4 is 15.0 Å². The Hall–Kier alpha value is -1.92. The van der Waals surface area contributed by atoms with Crippen molar-refractivity contribution in [1.82, 2.24) is 5.32 Å². The van der Waals surface area contributed by atoms with Crippen LogP contribution in [0.2, 0.25) is 5.02 Å². The van der Waals surface area contributed by atoms with Gasteiger partial charge in [-0.3, -0.25) is 0 Å². The molecule has 1 amide bonds. The highest BCUT2D eigenvalue weighted by Crippen LogP contribution is 2.48. The molecule has 148 valence electrons. The van der Waals surface area contributed by atoms with Gasteiger partial charge < -0.3 is 19.7 Å². The van der Waals surface area contributed by atoms with Crippen molar-refractivity contribution in [2.45, 2.75) is 44.9 Å². The van der Waals surface area contributed by atoms with E-state index in [0.717, 1.165) is 46.6 Å². The van der Waals surface area contributed by atoms with Crippen LogP contribution in [0.4, 0.5) is 10.5 Å². The number of amides is 1. The molecule has 28 heavy (non-hydrogen) atoms. The molecule has 0 radical (unpaired) electrons. The lowest BCUT2D eigenvalue weighted by atomic mass is 9.89. The molecule has 0 spiro atoms. The number of fused-ring (bicyclic) bond motifs is 5. The normalized spacial score (nSPS) is 20.4. The lowest BCUT2D eigenvalue weighted by molar-refractivity contribution is 0.109. The van der Waals surface area contributed by atoms with Crippen LogP contribution in [0.1, 0.15) is 38.3 Å². The van der Waals surface area contributed by atoms with Crippen LogP contribution in [0.3, 0.4) is 0 Å². The molecule has 2 unspecified atom stereocenters. The largest absolute Gasteiger partial charge is 0.455 e. The summed E-state index contributed by atoms with van der Waals surface area (Å²) in [6, 6.07) is 11.5. The molecule has 2 heterocycles. The van der Waals surface area contributed by atoms with E-state index in [-0.39, 0.29) is 18.2 Å². The van der Waals surface area contributed by atoms with Crippen molar-refractivity contribution >= 4 is 39.3 Å². The molecule has 2 atom stereocenters. The third-order valence-corrected chi connectivity index (χ3v) is 5.75. The first kappa shape index (κ1) is 19.4. The van der Waals surface area contributed by atoms with Crippen LogP contribution in [0.25, 0.3) is 0 Å². The van der Waals surface area contributed by atoms with E-state index in [9.17, 15) is 4.79 Å². The van der Waals surface area contributed by atoms with Crippen molar-refractivity contribution in [3.05, 3.63) is 51.5 Å². The molecule has 5 nitrogen and oxygen atoms in total. The van der Waals surface area contributed by atoms with E-state index in [1.54, 1.807) is 0 Å². The minimum absolute atomic E-state index is 0.0729. The Balaban J connectivity index is 1.79. The number of nitrogens with zero attached hydrogens (tertiary/aromatic N) is 1. The van der Waals surface area contributed by atoms with E-state index in [1.165, 1.54) is 0 Å². The number of alkyl carbamates (subject to hydrolysis) is 1. The molecule has 2 aliphatic rings. The monoisotopic (exact) mass is 464 g/mol. The lowest BCUT2D eigenvalue weighted by Gasteiger charge is -2.42. The number of anilines is 1. The van der Waals surface area contributed by atoms with Gasteiger partial charge in [-0.1, -0.05) is 33.6 Å². The molecular formula is C21H22BrClN2O3. The van der Waals surface area contributed by atoms with Gasteiger partial charge in [0, 0.05) is 21.6 Å². The van der Waals surface area contributed by atoms with Crippen LogP contribution in [0.15, 0.2) is 40.9 Å². The summed E-state index contributed by atoms with van der Waals surface area (Å²) in [5.41, 5.74) is 1.97. The molecule has 1 saturated heterocycles. The van der Waals surface area contributed by atoms with E-state index >= 15 is 0 Å². The number of nitrogens with one attached hydrogen (secondary N) is 1. The summed E-state index contributed by atoms with van der Waals surface area (Å²) in [5.74, 6) is 1.54. The van der Waals surface area contributed by atoms with Gasteiger partial charge >= 0.3 is 6.09 Å². The fraction of sp³-hybridized carbons (Fsp3) is 0.381. The predicted octanol–water partition coefficient (Wildman–Crippen LogP) is 6.05. The molecule has 0 aromatic heterocycles. The second-order valence-electron chi connectivity index (χ2n) is 7.38. The maximum absolute atomic E-state index is 12.3. The highest BCUT2D eigenvalue weighted by Gasteiger charge is 2.39. The van der Waals surface area contributed by atoms with E-state index in [0.29, 0.717) is 5.02 Å². The Morgan fingerprint density at radius 2 is 2.11 bits per heavy atom. The fourth-order valence-corrected chi connectivity index (χ4v) is 4.47. The highest BCUT2D eigenvalue weighted by atomic mass is 79.9. The number of piperidine rings is 1. The second kappa shape index (κ2) is 7.84. The summed E-state index contributed by atoms with van der Waals surface area (Å²) in [5, 5.41) is 3.73. The van der Waals surface area contributed by atoms with Crippen molar-refractivity contribution < 1.29 is 14.3 Å². The quantitative estimate of drug-likeness (QED) is 0.586. The van der Waals surface area contributed by atoms with Crippen LogP contribution in [0.5, 0.6) is 11.5 Å². The molecule has 2 aromatic carbocycles. The number of hydrogen-bond acceptors (Lipinski definition) is 4. The molecular weight excluding hydrogens is 444 g/mol. The minimum Gasteiger partial charge on any atom is -0.455 e. The summed E-state index contributed by atoms with van der Waals surface area (Å²) in [6.07, 6.45) is 1.25. The molecule has 7 heteroatoms. The van der Waals surface area contributed by atoms with Crippen molar-refractivity contribution in [3.63, 3.8) is 0 Å². The molecule has 4 rings (SSSR count). The van der Waals surface area contributed by atoms with Gasteiger partial charge in [0.25, 0.3) is 0 Å². The Morgan fingerprint density at radius 3 is 2.89 bits per heavy atom. The van der Waals surface area contributed by atoms with Crippen LogP contribution in [-0.4, -0.2) is 24.8 Å². The van der Waals surface area contributed by atoms with Crippen molar-refractivity contribution in [1.29, 1.82) is 0 Å². The standard InChI is InChI=1S/C21H22BrClN2O3/c1-12(2)27-21(26)24-16-4-3-9-25-17-11-14(23)6-8-18(17)28-19-10-13(22)5-7-15(19)20(16)25/h5-8,10-12,16,20H,3-4,9H2,1-2H3,(H,24,26). The van der Waals surface area contributed by atoms with E-state index in [4.69, 9.17) is 21.1 Å². The van der Waals surface area contributed by atoms with Gasteiger partial charge in [0.05, 0.1) is 23.9 Å². The topological polar surface area (TPSA) is 50.8 Å². The van der Waals surface area contributed by atoms with Gasteiger partial charge in [0.2, 0.25) is 0 Å². The maximum atomic E-state index is 12.3. The smallest absolute Gasteiger partial charge is 0.407 e. The summed E-state index contributed by atoms with van der Waals surface area (Å²) >= 11 is 9.83. The molecule has 1 fully saturated rings. The van der Waals surface area contributed by atoms with E-state index in [1.807, 2.05) is 44.2 Å². The molecule has 1 N–H and O–H groups in total. The summed E-state index contributed by atoms with van der Waals surface area (Å²) in [4.78, 5) is 14.6. The van der Waals surface area contributed by atoms with Gasteiger partial charge in [-0.15, -0.1) is 0 Å². The van der Waals surface area contributed by atoms with Gasteiger partial charge in [-0.25, -0.2) is 4.79 Å². The molecule has 2 aliphatic heterocycles. The predicted molar refractivity (Wildman–Crippen MR) is 114 cm³/mol. The SMILES string of the molecule is CC(C)OC(=O)NC1CCCN2c3cc(Cl)ccc3Oc3cc(Br)ccc3C12. The van der Waals surface area contributed by atoms with E-state index in [2.05, 4.69) is 32.2 Å². The Labute approximate surface area is 178 Å². The van der Waals surface area contributed by atoms with Crippen molar-refractivity contribution in [2.24, 2.45) is 0 Å².